The van der Waals surface area contributed by atoms with Gasteiger partial charge in [-0.2, -0.15) is 0 Å². The lowest BCUT2D eigenvalue weighted by Crippen LogP contribution is -2.17. The number of thioether (sulfide) groups is 1. The van der Waals surface area contributed by atoms with Crippen LogP contribution in [-0.4, -0.2) is 38.4 Å². The average Bonchev–Trinajstić information content (AvgIpc) is 3.04. The molecule has 0 aromatic heterocycles. The van der Waals surface area contributed by atoms with Gasteiger partial charge in [0.15, 0.2) is 11.5 Å². The SMILES string of the molecule is COc1cc(C(=O)Oc2ccc(/C=C3\SC(=O)NC3=O)cc2)cc(OC)c1OC. The van der Waals surface area contributed by atoms with Crippen LogP contribution in [-0.2, 0) is 4.79 Å². The Morgan fingerprint density at radius 3 is 2.07 bits per heavy atom. The maximum Gasteiger partial charge on any atom is 0.343 e. The molecular weight excluding hydrogens is 398 g/mol. The van der Waals surface area contributed by atoms with Crippen LogP contribution in [0.3, 0.4) is 0 Å². The summed E-state index contributed by atoms with van der Waals surface area (Å²) < 4.78 is 21.1. The molecular formula is C20H17NO7S. The lowest BCUT2D eigenvalue weighted by atomic mass is 10.1. The van der Waals surface area contributed by atoms with Crippen LogP contribution in [0.25, 0.3) is 6.08 Å². The van der Waals surface area contributed by atoms with E-state index < -0.39 is 17.1 Å². The summed E-state index contributed by atoms with van der Waals surface area (Å²) >= 11 is 0.833. The summed E-state index contributed by atoms with van der Waals surface area (Å²) in [7, 11) is 4.38. The van der Waals surface area contributed by atoms with E-state index in [1.807, 2.05) is 0 Å². The van der Waals surface area contributed by atoms with Crippen molar-refractivity contribution in [2.24, 2.45) is 0 Å². The van der Waals surface area contributed by atoms with Crippen LogP contribution in [0.1, 0.15) is 15.9 Å². The van der Waals surface area contributed by atoms with Crippen molar-refractivity contribution in [3.63, 3.8) is 0 Å². The molecule has 0 spiro atoms. The normalized spacial score (nSPS) is 14.5. The Morgan fingerprint density at radius 2 is 1.59 bits per heavy atom. The van der Waals surface area contributed by atoms with Gasteiger partial charge in [-0.3, -0.25) is 14.9 Å². The van der Waals surface area contributed by atoms with Gasteiger partial charge < -0.3 is 18.9 Å². The molecule has 1 aliphatic heterocycles. The first kappa shape index (κ1) is 20.3. The van der Waals surface area contributed by atoms with Gasteiger partial charge >= 0.3 is 5.97 Å². The fourth-order valence-electron chi connectivity index (χ4n) is 2.57. The minimum Gasteiger partial charge on any atom is -0.493 e. The molecule has 2 aromatic rings. The highest BCUT2D eigenvalue weighted by molar-refractivity contribution is 8.18. The molecule has 0 saturated carbocycles. The van der Waals surface area contributed by atoms with Gasteiger partial charge in [0.05, 0.1) is 31.8 Å². The Morgan fingerprint density at radius 1 is 0.966 bits per heavy atom. The van der Waals surface area contributed by atoms with Crippen molar-refractivity contribution in [2.45, 2.75) is 0 Å². The molecule has 29 heavy (non-hydrogen) atoms. The summed E-state index contributed by atoms with van der Waals surface area (Å²) in [6.45, 7) is 0. The van der Waals surface area contributed by atoms with E-state index in [0.29, 0.717) is 33.5 Å². The lowest BCUT2D eigenvalue weighted by Gasteiger charge is -2.13. The van der Waals surface area contributed by atoms with Crippen LogP contribution in [0.2, 0.25) is 0 Å². The molecule has 0 aliphatic carbocycles. The third kappa shape index (κ3) is 4.52. The van der Waals surface area contributed by atoms with Gasteiger partial charge in [-0.05, 0) is 47.7 Å². The molecule has 0 unspecified atom stereocenters. The van der Waals surface area contributed by atoms with E-state index in [1.165, 1.54) is 33.5 Å². The second kappa shape index (κ2) is 8.70. The largest absolute Gasteiger partial charge is 0.493 e. The van der Waals surface area contributed by atoms with Gasteiger partial charge in [-0.25, -0.2) is 4.79 Å². The maximum absolute atomic E-state index is 12.5. The van der Waals surface area contributed by atoms with Crippen molar-refractivity contribution in [3.05, 3.63) is 52.4 Å². The molecule has 8 nitrogen and oxygen atoms in total. The third-order valence-corrected chi connectivity index (χ3v) is 4.74. The number of hydrogen-bond donors (Lipinski definition) is 1. The molecule has 2 aromatic carbocycles. The minimum atomic E-state index is -0.605. The van der Waals surface area contributed by atoms with Gasteiger partial charge in [0.2, 0.25) is 5.75 Å². The fourth-order valence-corrected chi connectivity index (χ4v) is 3.25. The molecule has 0 bridgehead atoms. The molecule has 150 valence electrons. The number of methoxy groups -OCH3 is 3. The standard InChI is InChI=1S/C20H17NO7S/c1-25-14-9-12(10-15(26-2)17(14)27-3)19(23)28-13-6-4-11(5-7-13)8-16-18(22)21-20(24)29-16/h4-10H,1-3H3,(H,21,22,24)/b16-8-. The van der Waals surface area contributed by atoms with Gasteiger partial charge in [-0.15, -0.1) is 0 Å². The van der Waals surface area contributed by atoms with Gasteiger partial charge in [-0.1, -0.05) is 12.1 Å². The summed E-state index contributed by atoms with van der Waals surface area (Å²) in [6, 6.07) is 9.50. The lowest BCUT2D eigenvalue weighted by molar-refractivity contribution is -0.115. The van der Waals surface area contributed by atoms with Crippen molar-refractivity contribution >= 4 is 35.0 Å². The van der Waals surface area contributed by atoms with Crippen LogP contribution in [0.4, 0.5) is 4.79 Å². The predicted octanol–water partition coefficient (Wildman–Crippen LogP) is 3.26. The molecule has 9 heteroatoms. The quantitative estimate of drug-likeness (QED) is 0.436. The highest BCUT2D eigenvalue weighted by Crippen LogP contribution is 2.38. The highest BCUT2D eigenvalue weighted by Gasteiger charge is 2.25. The number of benzene rings is 2. The summed E-state index contributed by atoms with van der Waals surface area (Å²) in [6.07, 6.45) is 1.58. The number of rotatable bonds is 6. The molecule has 1 fully saturated rings. The van der Waals surface area contributed by atoms with Gasteiger partial charge in [0.1, 0.15) is 5.75 Å². The average molecular weight is 415 g/mol. The topological polar surface area (TPSA) is 100 Å². The first-order valence-corrected chi connectivity index (χ1v) is 9.14. The number of amides is 2. The Kier molecular flexibility index (Phi) is 6.08. The zero-order chi connectivity index (χ0) is 21.0. The summed E-state index contributed by atoms with van der Waals surface area (Å²) in [5.41, 5.74) is 0.910. The number of esters is 1. The number of hydrogen-bond acceptors (Lipinski definition) is 8. The predicted molar refractivity (Wildman–Crippen MR) is 107 cm³/mol. The second-order valence-corrected chi connectivity index (χ2v) is 6.74. The Labute approximate surface area is 170 Å². The third-order valence-electron chi connectivity index (χ3n) is 3.93. The summed E-state index contributed by atoms with van der Waals surface area (Å²) in [5.74, 6) is 0.316. The number of ether oxygens (including phenoxy) is 4. The van der Waals surface area contributed by atoms with Crippen LogP contribution in [0.15, 0.2) is 41.3 Å². The molecule has 1 heterocycles. The van der Waals surface area contributed by atoms with E-state index in [2.05, 4.69) is 5.32 Å². The number of carbonyl (C=O) groups excluding carboxylic acids is 3. The van der Waals surface area contributed by atoms with E-state index in [4.69, 9.17) is 18.9 Å². The Hall–Kier alpha value is -3.46. The van der Waals surface area contributed by atoms with E-state index >= 15 is 0 Å². The monoisotopic (exact) mass is 415 g/mol. The Bertz CT molecular complexity index is 973. The van der Waals surface area contributed by atoms with E-state index in [0.717, 1.165) is 11.8 Å². The summed E-state index contributed by atoms with van der Waals surface area (Å²) in [5, 5.41) is 1.78. The molecule has 2 amide bonds. The number of imide groups is 1. The van der Waals surface area contributed by atoms with Gasteiger partial charge in [0, 0.05) is 0 Å². The van der Waals surface area contributed by atoms with E-state index in [-0.39, 0.29) is 5.56 Å². The highest BCUT2D eigenvalue weighted by atomic mass is 32.2. The van der Waals surface area contributed by atoms with Crippen molar-refractivity contribution in [2.75, 3.05) is 21.3 Å². The van der Waals surface area contributed by atoms with Crippen LogP contribution in [0.5, 0.6) is 23.0 Å². The number of nitrogens with one attached hydrogen (secondary N) is 1. The van der Waals surface area contributed by atoms with Crippen molar-refractivity contribution in [3.8, 4) is 23.0 Å². The molecule has 0 radical (unpaired) electrons. The first-order chi connectivity index (χ1) is 13.9. The zero-order valence-electron chi connectivity index (χ0n) is 15.8. The number of carbonyl (C=O) groups is 3. The smallest absolute Gasteiger partial charge is 0.343 e. The molecule has 3 rings (SSSR count). The Balaban J connectivity index is 1.77. The van der Waals surface area contributed by atoms with Crippen LogP contribution >= 0.6 is 11.8 Å². The van der Waals surface area contributed by atoms with E-state index in [9.17, 15) is 14.4 Å². The fraction of sp³-hybridized carbons (Fsp3) is 0.150. The zero-order valence-corrected chi connectivity index (χ0v) is 16.6. The van der Waals surface area contributed by atoms with Gasteiger partial charge in [0.25, 0.3) is 11.1 Å². The minimum absolute atomic E-state index is 0.225. The molecule has 0 atom stereocenters. The molecule has 1 aliphatic rings. The van der Waals surface area contributed by atoms with Crippen LogP contribution in [0, 0.1) is 0 Å². The van der Waals surface area contributed by atoms with Crippen LogP contribution < -0.4 is 24.3 Å². The second-order valence-electron chi connectivity index (χ2n) is 5.72. The van der Waals surface area contributed by atoms with Crippen molar-refractivity contribution in [1.29, 1.82) is 0 Å². The summed E-state index contributed by atoms with van der Waals surface area (Å²) in [4.78, 5) is 35.6. The first-order valence-electron chi connectivity index (χ1n) is 8.32. The van der Waals surface area contributed by atoms with E-state index in [1.54, 1.807) is 30.3 Å². The van der Waals surface area contributed by atoms with Crippen molar-refractivity contribution < 1.29 is 33.3 Å². The molecule has 1 N–H and O–H groups in total. The van der Waals surface area contributed by atoms with Crippen molar-refractivity contribution in [1.82, 2.24) is 5.32 Å². The maximum atomic E-state index is 12.5. The molecule has 1 saturated heterocycles.